The number of aromatic nitrogens is 1. The molecule has 0 aromatic carbocycles. The van der Waals surface area contributed by atoms with Crippen molar-refractivity contribution >= 4 is 5.78 Å². The fraction of sp³-hybridized carbons (Fsp3) is 0.571. The van der Waals surface area contributed by atoms with Crippen LogP contribution in [0.2, 0.25) is 0 Å². The van der Waals surface area contributed by atoms with Crippen molar-refractivity contribution in [2.24, 2.45) is 0 Å². The molecular weight excluding hydrogens is 214 g/mol. The van der Waals surface area contributed by atoms with Crippen LogP contribution >= 0.6 is 0 Å². The van der Waals surface area contributed by atoms with Gasteiger partial charge < -0.3 is 5.11 Å². The van der Waals surface area contributed by atoms with Crippen LogP contribution in [-0.4, -0.2) is 21.5 Å². The number of nitrogens with zero attached hydrogens (tertiary/aromatic N) is 1. The highest BCUT2D eigenvalue weighted by Gasteiger charge is 2.32. The van der Waals surface area contributed by atoms with Gasteiger partial charge in [-0.15, -0.1) is 0 Å². The van der Waals surface area contributed by atoms with Crippen LogP contribution in [0.25, 0.3) is 0 Å². The number of aryl methyl sites for hydroxylation is 1. The lowest BCUT2D eigenvalue weighted by Crippen LogP contribution is -2.36. The molecule has 3 nitrogen and oxygen atoms in total. The molecule has 1 N–H and O–H groups in total. The van der Waals surface area contributed by atoms with E-state index in [2.05, 4.69) is 18.0 Å². The van der Waals surface area contributed by atoms with Crippen molar-refractivity contribution in [3.63, 3.8) is 0 Å². The van der Waals surface area contributed by atoms with Crippen LogP contribution in [0.5, 0.6) is 0 Å². The number of hydrogen-bond donors (Lipinski definition) is 1. The molecule has 1 saturated carbocycles. The van der Waals surface area contributed by atoms with Crippen molar-refractivity contribution in [1.82, 2.24) is 4.98 Å². The van der Waals surface area contributed by atoms with Gasteiger partial charge in [-0.1, -0.05) is 13.0 Å². The average Bonchev–Trinajstić information content (AvgIpc) is 2.34. The van der Waals surface area contributed by atoms with Crippen molar-refractivity contribution < 1.29 is 9.90 Å². The Morgan fingerprint density at radius 3 is 2.59 bits per heavy atom. The maximum absolute atomic E-state index is 11.2. The smallest absolute Gasteiger partial charge is 0.133 e. The summed E-state index contributed by atoms with van der Waals surface area (Å²) in [5.74, 6) is 0.268. The van der Waals surface area contributed by atoms with Crippen LogP contribution in [0.15, 0.2) is 18.3 Å². The standard InChI is InChI=1S/C14H19NO2/c1-2-11-3-4-12(15-10-11)9-14(17)7-5-13(16)6-8-14/h3-4,10,17H,2,5-9H2,1H3. The molecule has 1 aliphatic rings. The summed E-state index contributed by atoms with van der Waals surface area (Å²) >= 11 is 0. The van der Waals surface area contributed by atoms with Gasteiger partial charge in [-0.25, -0.2) is 0 Å². The van der Waals surface area contributed by atoms with Crippen LogP contribution in [0.3, 0.4) is 0 Å². The van der Waals surface area contributed by atoms with Gasteiger partial charge in [-0.05, 0) is 30.9 Å². The number of ketones is 1. The lowest BCUT2D eigenvalue weighted by atomic mass is 9.81. The Balaban J connectivity index is 2.01. The summed E-state index contributed by atoms with van der Waals surface area (Å²) in [4.78, 5) is 15.5. The Labute approximate surface area is 102 Å². The third kappa shape index (κ3) is 3.13. The van der Waals surface area contributed by atoms with Crippen LogP contribution in [0.1, 0.15) is 43.9 Å². The minimum absolute atomic E-state index is 0.268. The van der Waals surface area contributed by atoms with Gasteiger partial charge in [0.25, 0.3) is 0 Å². The second-order valence-electron chi connectivity index (χ2n) is 4.95. The molecule has 2 rings (SSSR count). The van der Waals surface area contributed by atoms with Crippen molar-refractivity contribution in [2.75, 3.05) is 0 Å². The van der Waals surface area contributed by atoms with E-state index in [0.717, 1.165) is 12.1 Å². The molecular formula is C14H19NO2. The molecule has 0 unspecified atom stereocenters. The molecule has 0 radical (unpaired) electrons. The summed E-state index contributed by atoms with van der Waals surface area (Å²) in [5.41, 5.74) is 1.40. The van der Waals surface area contributed by atoms with Gasteiger partial charge in [0.2, 0.25) is 0 Å². The zero-order chi connectivity index (χ0) is 12.3. The van der Waals surface area contributed by atoms with E-state index in [0.29, 0.717) is 32.1 Å². The molecule has 3 heteroatoms. The summed E-state index contributed by atoms with van der Waals surface area (Å²) in [6, 6.07) is 4.03. The number of hydrogen-bond acceptors (Lipinski definition) is 3. The lowest BCUT2D eigenvalue weighted by Gasteiger charge is -2.31. The zero-order valence-corrected chi connectivity index (χ0v) is 10.3. The summed E-state index contributed by atoms with van der Waals surface area (Å²) < 4.78 is 0. The largest absolute Gasteiger partial charge is 0.389 e. The number of aliphatic hydroxyl groups is 1. The van der Waals surface area contributed by atoms with Crippen LogP contribution in [-0.2, 0) is 17.6 Å². The van der Waals surface area contributed by atoms with Crippen molar-refractivity contribution in [2.45, 2.75) is 51.0 Å². The fourth-order valence-corrected chi connectivity index (χ4v) is 2.28. The first-order valence-electron chi connectivity index (χ1n) is 6.29. The summed E-state index contributed by atoms with van der Waals surface area (Å²) in [5, 5.41) is 10.4. The highest BCUT2D eigenvalue weighted by molar-refractivity contribution is 5.79. The molecule has 1 aromatic rings. The quantitative estimate of drug-likeness (QED) is 0.869. The van der Waals surface area contributed by atoms with Gasteiger partial charge in [0.05, 0.1) is 5.60 Å². The number of Topliss-reactive ketones (excluding diaryl/α,β-unsaturated/α-hetero) is 1. The molecule has 0 amide bonds. The molecule has 1 heterocycles. The van der Waals surface area contributed by atoms with E-state index in [1.807, 2.05) is 12.3 Å². The highest BCUT2D eigenvalue weighted by atomic mass is 16.3. The first-order valence-corrected chi connectivity index (χ1v) is 6.29. The first kappa shape index (κ1) is 12.2. The molecule has 0 bridgehead atoms. The van der Waals surface area contributed by atoms with Crippen LogP contribution in [0.4, 0.5) is 0 Å². The third-order valence-electron chi connectivity index (χ3n) is 3.54. The second kappa shape index (κ2) is 4.96. The van der Waals surface area contributed by atoms with E-state index < -0.39 is 5.60 Å². The van der Waals surface area contributed by atoms with Gasteiger partial charge in [-0.3, -0.25) is 9.78 Å². The fourth-order valence-electron chi connectivity index (χ4n) is 2.28. The summed E-state index contributed by atoms with van der Waals surface area (Å²) in [7, 11) is 0. The molecule has 0 spiro atoms. The Bertz CT molecular complexity index is 387. The maximum atomic E-state index is 11.2. The van der Waals surface area contributed by atoms with Crippen LogP contribution < -0.4 is 0 Å². The van der Waals surface area contributed by atoms with E-state index in [4.69, 9.17) is 0 Å². The van der Waals surface area contributed by atoms with Crippen molar-refractivity contribution in [3.05, 3.63) is 29.6 Å². The molecule has 0 atom stereocenters. The van der Waals surface area contributed by atoms with E-state index >= 15 is 0 Å². The monoisotopic (exact) mass is 233 g/mol. The van der Waals surface area contributed by atoms with Gasteiger partial charge >= 0.3 is 0 Å². The van der Waals surface area contributed by atoms with Crippen LogP contribution in [0, 0.1) is 0 Å². The Morgan fingerprint density at radius 2 is 2.06 bits per heavy atom. The summed E-state index contributed by atoms with van der Waals surface area (Å²) in [6.07, 6.45) is 5.56. The van der Waals surface area contributed by atoms with Gasteiger partial charge in [0.15, 0.2) is 0 Å². The van der Waals surface area contributed by atoms with Gasteiger partial charge in [0.1, 0.15) is 5.78 Å². The average molecular weight is 233 g/mol. The molecule has 17 heavy (non-hydrogen) atoms. The Kier molecular flexibility index (Phi) is 3.57. The number of carbonyl (C=O) groups excluding carboxylic acids is 1. The summed E-state index contributed by atoms with van der Waals surface area (Å²) in [6.45, 7) is 2.09. The minimum atomic E-state index is -0.728. The van der Waals surface area contributed by atoms with E-state index in [1.165, 1.54) is 5.56 Å². The predicted molar refractivity (Wildman–Crippen MR) is 65.7 cm³/mol. The molecule has 1 fully saturated rings. The Morgan fingerprint density at radius 1 is 1.35 bits per heavy atom. The van der Waals surface area contributed by atoms with Crippen molar-refractivity contribution in [3.8, 4) is 0 Å². The van der Waals surface area contributed by atoms with E-state index in [1.54, 1.807) is 0 Å². The predicted octanol–water partition coefficient (Wildman–Crippen LogP) is 2.06. The molecule has 0 saturated heterocycles. The highest BCUT2D eigenvalue weighted by Crippen LogP contribution is 2.29. The van der Waals surface area contributed by atoms with E-state index in [-0.39, 0.29) is 5.78 Å². The normalized spacial score (nSPS) is 19.3. The SMILES string of the molecule is CCc1ccc(CC2(O)CCC(=O)CC2)nc1. The van der Waals surface area contributed by atoms with Gasteiger partial charge in [-0.2, -0.15) is 0 Å². The third-order valence-corrected chi connectivity index (χ3v) is 3.54. The van der Waals surface area contributed by atoms with Gasteiger partial charge in [0, 0.05) is 31.2 Å². The number of carbonyl (C=O) groups is 1. The maximum Gasteiger partial charge on any atom is 0.133 e. The minimum Gasteiger partial charge on any atom is -0.389 e. The number of pyridine rings is 1. The molecule has 0 aliphatic heterocycles. The zero-order valence-electron chi connectivity index (χ0n) is 10.3. The second-order valence-corrected chi connectivity index (χ2v) is 4.95. The van der Waals surface area contributed by atoms with E-state index in [9.17, 15) is 9.90 Å². The molecule has 92 valence electrons. The molecule has 1 aromatic heterocycles. The Hall–Kier alpha value is -1.22. The van der Waals surface area contributed by atoms with Crippen molar-refractivity contribution in [1.29, 1.82) is 0 Å². The molecule has 1 aliphatic carbocycles. The topological polar surface area (TPSA) is 50.2 Å². The first-order chi connectivity index (χ1) is 8.11. The number of rotatable bonds is 3. The lowest BCUT2D eigenvalue weighted by molar-refractivity contribution is -0.125.